The second-order valence-electron chi connectivity index (χ2n) is 8.31. The lowest BCUT2D eigenvalue weighted by Gasteiger charge is -2.36. The van der Waals surface area contributed by atoms with Crippen LogP contribution in [0.5, 0.6) is 0 Å². The Hall–Kier alpha value is -1.71. The lowest BCUT2D eigenvalue weighted by molar-refractivity contribution is 0.0636. The molecule has 4 heteroatoms. The Morgan fingerprint density at radius 2 is 1.96 bits per heavy atom. The van der Waals surface area contributed by atoms with E-state index in [-0.39, 0.29) is 0 Å². The third-order valence-electron chi connectivity index (χ3n) is 4.08. The first-order valence-electron chi connectivity index (χ1n) is 8.50. The van der Waals surface area contributed by atoms with Crippen LogP contribution in [0.3, 0.4) is 0 Å². The van der Waals surface area contributed by atoms with E-state index in [0.29, 0.717) is 11.5 Å². The van der Waals surface area contributed by atoms with Crippen LogP contribution in [0.4, 0.5) is 16.2 Å². The van der Waals surface area contributed by atoms with Gasteiger partial charge < -0.3 is 10.1 Å². The molecule has 4 nitrogen and oxygen atoms in total. The minimum Gasteiger partial charge on any atom is -0.444 e. The van der Waals surface area contributed by atoms with E-state index in [0.717, 1.165) is 11.4 Å². The largest absolute Gasteiger partial charge is 0.444 e. The summed E-state index contributed by atoms with van der Waals surface area (Å²) >= 11 is 0. The van der Waals surface area contributed by atoms with Crippen molar-refractivity contribution in [2.45, 2.75) is 71.9 Å². The Kier molecular flexibility index (Phi) is 5.23. The van der Waals surface area contributed by atoms with Gasteiger partial charge in [0, 0.05) is 17.4 Å². The Bertz CT molecular complexity index is 547. The van der Waals surface area contributed by atoms with Gasteiger partial charge in [0.1, 0.15) is 5.60 Å². The second kappa shape index (κ2) is 6.81. The molecule has 0 spiro atoms. The first-order chi connectivity index (χ1) is 10.6. The number of amides is 1. The number of ether oxygens (including phenoxy) is 1. The lowest BCUT2D eigenvalue weighted by Crippen LogP contribution is -2.31. The van der Waals surface area contributed by atoms with Crippen molar-refractivity contribution in [1.29, 1.82) is 0 Å². The van der Waals surface area contributed by atoms with Crippen molar-refractivity contribution >= 4 is 17.5 Å². The molecule has 0 aromatic heterocycles. The average Bonchev–Trinajstić information content (AvgIpc) is 2.35. The third-order valence-corrected chi connectivity index (χ3v) is 4.08. The molecule has 0 radical (unpaired) electrons. The van der Waals surface area contributed by atoms with Crippen molar-refractivity contribution in [3.63, 3.8) is 0 Å². The van der Waals surface area contributed by atoms with Gasteiger partial charge in [-0.15, -0.1) is 0 Å². The van der Waals surface area contributed by atoms with Crippen molar-refractivity contribution < 1.29 is 9.53 Å². The molecule has 0 heterocycles. The standard InChI is InChI=1S/C19H30N2O2/c1-18(2,3)23-17(22)21-15-9-6-8-14(12-15)20-16-10-7-11-19(4,5)13-16/h6,8-9,12,16,20H,7,10-11,13H2,1-5H3,(H,21,22). The number of nitrogens with one attached hydrogen (secondary N) is 2. The summed E-state index contributed by atoms with van der Waals surface area (Å²) in [6.07, 6.45) is 4.52. The van der Waals surface area contributed by atoms with Crippen molar-refractivity contribution in [1.82, 2.24) is 0 Å². The van der Waals surface area contributed by atoms with Crippen LogP contribution in [0.1, 0.15) is 60.3 Å². The molecule has 0 bridgehead atoms. The van der Waals surface area contributed by atoms with Crippen LogP contribution in [0, 0.1) is 5.41 Å². The summed E-state index contributed by atoms with van der Waals surface area (Å²) in [6.45, 7) is 10.2. The maximum atomic E-state index is 11.9. The first-order valence-corrected chi connectivity index (χ1v) is 8.50. The molecule has 0 saturated heterocycles. The molecule has 1 aromatic rings. The number of hydrogen-bond acceptors (Lipinski definition) is 3. The number of hydrogen-bond donors (Lipinski definition) is 2. The monoisotopic (exact) mass is 318 g/mol. The van der Waals surface area contributed by atoms with Crippen LogP contribution in [0.25, 0.3) is 0 Å². The molecule has 1 atom stereocenters. The third kappa shape index (κ3) is 6.12. The quantitative estimate of drug-likeness (QED) is 0.783. The Labute approximate surface area is 140 Å². The molecule has 2 rings (SSSR count). The molecular weight excluding hydrogens is 288 g/mol. The van der Waals surface area contributed by atoms with Gasteiger partial charge in [-0.3, -0.25) is 5.32 Å². The van der Waals surface area contributed by atoms with Gasteiger partial charge in [-0.25, -0.2) is 4.79 Å². The molecule has 1 aliphatic carbocycles. The van der Waals surface area contributed by atoms with Gasteiger partial charge in [0.15, 0.2) is 0 Å². The number of carbonyl (C=O) groups excluding carboxylic acids is 1. The van der Waals surface area contributed by atoms with Gasteiger partial charge in [-0.1, -0.05) is 26.3 Å². The van der Waals surface area contributed by atoms with E-state index in [1.54, 1.807) is 0 Å². The number of carbonyl (C=O) groups is 1. The summed E-state index contributed by atoms with van der Waals surface area (Å²) in [4.78, 5) is 11.9. The number of anilines is 2. The molecule has 1 saturated carbocycles. The van der Waals surface area contributed by atoms with Gasteiger partial charge in [0.05, 0.1) is 0 Å². The van der Waals surface area contributed by atoms with Crippen molar-refractivity contribution in [2.24, 2.45) is 5.41 Å². The van der Waals surface area contributed by atoms with E-state index in [9.17, 15) is 4.79 Å². The zero-order valence-electron chi connectivity index (χ0n) is 15.0. The van der Waals surface area contributed by atoms with Gasteiger partial charge >= 0.3 is 6.09 Å². The highest BCUT2D eigenvalue weighted by Crippen LogP contribution is 2.36. The fraction of sp³-hybridized carbons (Fsp3) is 0.632. The SMILES string of the molecule is CC1(C)CCCC(Nc2cccc(NC(=O)OC(C)(C)C)c2)C1. The van der Waals surface area contributed by atoms with Gasteiger partial charge in [-0.05, 0) is 63.6 Å². The second-order valence-corrected chi connectivity index (χ2v) is 8.31. The van der Waals surface area contributed by atoms with Gasteiger partial charge in [0.2, 0.25) is 0 Å². The normalized spacial score (nSPS) is 20.7. The summed E-state index contributed by atoms with van der Waals surface area (Å²) in [7, 11) is 0. The maximum Gasteiger partial charge on any atom is 0.412 e. The summed E-state index contributed by atoms with van der Waals surface area (Å²) in [5.41, 5.74) is 1.70. The fourth-order valence-corrected chi connectivity index (χ4v) is 3.17. The predicted octanol–water partition coefficient (Wildman–Crippen LogP) is 5.41. The lowest BCUT2D eigenvalue weighted by atomic mass is 9.75. The molecule has 1 amide bonds. The van der Waals surface area contributed by atoms with Crippen molar-refractivity contribution in [3.05, 3.63) is 24.3 Å². The minimum absolute atomic E-state index is 0.405. The summed E-state index contributed by atoms with van der Waals surface area (Å²) in [6, 6.07) is 8.33. The molecule has 0 aliphatic heterocycles. The highest BCUT2D eigenvalue weighted by molar-refractivity contribution is 5.85. The number of benzene rings is 1. The molecule has 1 aromatic carbocycles. The van der Waals surface area contributed by atoms with Crippen molar-refractivity contribution in [3.8, 4) is 0 Å². The summed E-state index contributed by atoms with van der Waals surface area (Å²) < 4.78 is 5.29. The Morgan fingerprint density at radius 1 is 1.26 bits per heavy atom. The van der Waals surface area contributed by atoms with Crippen molar-refractivity contribution in [2.75, 3.05) is 10.6 Å². The minimum atomic E-state index is -0.492. The van der Waals surface area contributed by atoms with Crippen LogP contribution in [-0.2, 0) is 4.74 Å². The van der Waals surface area contributed by atoms with Crippen LogP contribution in [0.15, 0.2) is 24.3 Å². The maximum absolute atomic E-state index is 11.9. The van der Waals surface area contributed by atoms with Crippen LogP contribution in [0.2, 0.25) is 0 Å². The van der Waals surface area contributed by atoms with E-state index < -0.39 is 11.7 Å². The van der Waals surface area contributed by atoms with Crippen LogP contribution >= 0.6 is 0 Å². The average molecular weight is 318 g/mol. The molecule has 2 N–H and O–H groups in total. The molecule has 1 unspecified atom stereocenters. The van der Waals surface area contributed by atoms with E-state index >= 15 is 0 Å². The molecule has 1 aliphatic rings. The molecule has 1 fully saturated rings. The summed E-state index contributed by atoms with van der Waals surface area (Å²) in [5, 5.41) is 6.40. The van der Waals surface area contributed by atoms with E-state index in [1.807, 2.05) is 45.0 Å². The Balaban J connectivity index is 1.96. The molecule has 23 heavy (non-hydrogen) atoms. The van der Waals surface area contributed by atoms with E-state index in [2.05, 4.69) is 24.5 Å². The zero-order valence-corrected chi connectivity index (χ0v) is 15.0. The van der Waals surface area contributed by atoms with Crippen LogP contribution in [-0.4, -0.2) is 17.7 Å². The fourth-order valence-electron chi connectivity index (χ4n) is 3.17. The highest BCUT2D eigenvalue weighted by atomic mass is 16.6. The van der Waals surface area contributed by atoms with Gasteiger partial charge in [-0.2, -0.15) is 0 Å². The predicted molar refractivity (Wildman–Crippen MR) is 96.0 cm³/mol. The molecular formula is C19H30N2O2. The topological polar surface area (TPSA) is 50.4 Å². The molecule has 128 valence electrons. The zero-order chi connectivity index (χ0) is 17.1. The van der Waals surface area contributed by atoms with Crippen LogP contribution < -0.4 is 10.6 Å². The van der Waals surface area contributed by atoms with E-state index in [1.165, 1.54) is 25.7 Å². The first kappa shape index (κ1) is 17.6. The summed E-state index contributed by atoms with van der Waals surface area (Å²) in [5.74, 6) is 0. The van der Waals surface area contributed by atoms with Gasteiger partial charge in [0.25, 0.3) is 0 Å². The Morgan fingerprint density at radius 3 is 2.61 bits per heavy atom. The number of rotatable bonds is 3. The van der Waals surface area contributed by atoms with E-state index in [4.69, 9.17) is 4.74 Å². The smallest absolute Gasteiger partial charge is 0.412 e. The highest BCUT2D eigenvalue weighted by Gasteiger charge is 2.27.